The molecule has 0 atom stereocenters. The Kier molecular flexibility index (Phi) is 5.65. The first-order chi connectivity index (χ1) is 15.3. The van der Waals surface area contributed by atoms with Crippen molar-refractivity contribution in [2.24, 2.45) is 0 Å². The Balaban J connectivity index is 1.34. The molecular formula is C26H22ClNO3. The monoisotopic (exact) mass is 431 g/mol. The average Bonchev–Trinajstić information content (AvgIpc) is 3.26. The summed E-state index contributed by atoms with van der Waals surface area (Å²) < 4.78 is 17.1. The second-order valence-electron chi connectivity index (χ2n) is 7.47. The van der Waals surface area contributed by atoms with Gasteiger partial charge in [-0.15, -0.1) is 0 Å². The predicted octanol–water partition coefficient (Wildman–Crippen LogP) is 6.09. The molecule has 5 rings (SSSR count). The van der Waals surface area contributed by atoms with Crippen LogP contribution < -0.4 is 19.5 Å². The van der Waals surface area contributed by atoms with Crippen molar-refractivity contribution in [1.82, 2.24) is 5.32 Å². The van der Waals surface area contributed by atoms with Crippen LogP contribution in [0.25, 0.3) is 10.8 Å². The molecular weight excluding hydrogens is 410 g/mol. The van der Waals surface area contributed by atoms with Crippen molar-refractivity contribution in [3.63, 3.8) is 0 Å². The minimum absolute atomic E-state index is 0.287. The lowest BCUT2D eigenvalue weighted by Gasteiger charge is -2.15. The zero-order valence-corrected chi connectivity index (χ0v) is 17.7. The summed E-state index contributed by atoms with van der Waals surface area (Å²) in [5.74, 6) is 2.47. The van der Waals surface area contributed by atoms with Crippen LogP contribution in [0.15, 0.2) is 78.9 Å². The summed E-state index contributed by atoms with van der Waals surface area (Å²) in [7, 11) is 0. The van der Waals surface area contributed by atoms with E-state index >= 15 is 0 Å². The van der Waals surface area contributed by atoms with Crippen molar-refractivity contribution in [1.29, 1.82) is 0 Å². The van der Waals surface area contributed by atoms with Crippen LogP contribution in [0.3, 0.4) is 0 Å². The summed E-state index contributed by atoms with van der Waals surface area (Å²) >= 11 is 6.12. The molecule has 0 spiro atoms. The molecule has 156 valence electrons. The molecule has 0 aliphatic carbocycles. The summed E-state index contributed by atoms with van der Waals surface area (Å²) in [6, 6.07) is 26.3. The molecule has 0 fully saturated rings. The quantitative estimate of drug-likeness (QED) is 0.384. The summed E-state index contributed by atoms with van der Waals surface area (Å²) in [4.78, 5) is 0. The number of halogens is 1. The van der Waals surface area contributed by atoms with E-state index in [1.165, 1.54) is 10.8 Å². The van der Waals surface area contributed by atoms with Gasteiger partial charge < -0.3 is 19.5 Å². The molecule has 1 aliphatic rings. The highest BCUT2D eigenvalue weighted by molar-refractivity contribution is 6.30. The largest absolute Gasteiger partial charge is 0.489 e. The number of hydrogen-bond donors (Lipinski definition) is 1. The fraction of sp³-hybridized carbons (Fsp3) is 0.154. The van der Waals surface area contributed by atoms with E-state index in [1.54, 1.807) is 0 Å². The first-order valence-electron chi connectivity index (χ1n) is 10.2. The van der Waals surface area contributed by atoms with Crippen LogP contribution in [-0.2, 0) is 19.7 Å². The van der Waals surface area contributed by atoms with Gasteiger partial charge in [-0.2, -0.15) is 0 Å². The zero-order valence-electron chi connectivity index (χ0n) is 16.9. The lowest BCUT2D eigenvalue weighted by atomic mass is 10.0. The first kappa shape index (κ1) is 19.7. The number of ether oxygens (including phenoxy) is 3. The van der Waals surface area contributed by atoms with E-state index in [9.17, 15) is 0 Å². The first-order valence-corrected chi connectivity index (χ1v) is 10.6. The predicted molar refractivity (Wildman–Crippen MR) is 123 cm³/mol. The molecule has 0 bridgehead atoms. The van der Waals surface area contributed by atoms with Gasteiger partial charge in [-0.25, -0.2) is 0 Å². The molecule has 1 heterocycles. The number of fused-ring (bicyclic) bond motifs is 2. The average molecular weight is 432 g/mol. The highest BCUT2D eigenvalue weighted by Gasteiger charge is 2.14. The Hall–Kier alpha value is -3.21. The SMILES string of the molecule is Clc1cccc(COc2ccc3ccccc3c2CNCc2ccc3c(c2)OCO3)c1. The molecule has 4 nitrogen and oxygen atoms in total. The minimum atomic E-state index is 0.287. The van der Waals surface area contributed by atoms with E-state index in [1.807, 2.05) is 42.5 Å². The van der Waals surface area contributed by atoms with Gasteiger partial charge in [-0.05, 0) is 52.2 Å². The molecule has 5 heteroatoms. The van der Waals surface area contributed by atoms with Gasteiger partial charge in [0.15, 0.2) is 11.5 Å². The number of rotatable bonds is 7. The van der Waals surface area contributed by atoms with E-state index in [2.05, 4.69) is 41.7 Å². The maximum Gasteiger partial charge on any atom is 0.231 e. The second-order valence-corrected chi connectivity index (χ2v) is 7.91. The molecule has 1 N–H and O–H groups in total. The third kappa shape index (κ3) is 4.46. The van der Waals surface area contributed by atoms with Gasteiger partial charge >= 0.3 is 0 Å². The van der Waals surface area contributed by atoms with Crippen LogP contribution >= 0.6 is 11.6 Å². The van der Waals surface area contributed by atoms with Crippen LogP contribution in [0.4, 0.5) is 0 Å². The van der Waals surface area contributed by atoms with Crippen molar-refractivity contribution < 1.29 is 14.2 Å². The van der Waals surface area contributed by atoms with Gasteiger partial charge in [0.05, 0.1) is 0 Å². The molecule has 0 saturated carbocycles. The van der Waals surface area contributed by atoms with Gasteiger partial charge in [0.25, 0.3) is 0 Å². The fourth-order valence-electron chi connectivity index (χ4n) is 3.80. The Morgan fingerprint density at radius 2 is 1.71 bits per heavy atom. The molecule has 0 amide bonds. The van der Waals surface area contributed by atoms with E-state index in [0.29, 0.717) is 24.7 Å². The summed E-state index contributed by atoms with van der Waals surface area (Å²) in [6.45, 7) is 2.15. The highest BCUT2D eigenvalue weighted by Crippen LogP contribution is 2.33. The molecule has 0 saturated heterocycles. The second kappa shape index (κ2) is 8.88. The van der Waals surface area contributed by atoms with Gasteiger partial charge in [-0.3, -0.25) is 0 Å². The Morgan fingerprint density at radius 3 is 2.65 bits per heavy atom. The van der Waals surface area contributed by atoms with Crippen LogP contribution in [-0.4, -0.2) is 6.79 Å². The fourth-order valence-corrected chi connectivity index (χ4v) is 4.02. The minimum Gasteiger partial charge on any atom is -0.489 e. The van der Waals surface area contributed by atoms with Gasteiger partial charge in [0, 0.05) is 23.7 Å². The molecule has 0 unspecified atom stereocenters. The maximum absolute atomic E-state index is 6.21. The smallest absolute Gasteiger partial charge is 0.231 e. The van der Waals surface area contributed by atoms with Gasteiger partial charge in [-0.1, -0.05) is 60.1 Å². The van der Waals surface area contributed by atoms with Crippen molar-refractivity contribution in [3.8, 4) is 17.2 Å². The Labute approximate surface area is 186 Å². The van der Waals surface area contributed by atoms with E-state index in [4.69, 9.17) is 25.8 Å². The van der Waals surface area contributed by atoms with E-state index < -0.39 is 0 Å². The van der Waals surface area contributed by atoms with Crippen LogP contribution in [0.5, 0.6) is 17.2 Å². The number of benzene rings is 4. The summed E-state index contributed by atoms with van der Waals surface area (Å²) in [5, 5.41) is 6.64. The van der Waals surface area contributed by atoms with Crippen LogP contribution in [0.2, 0.25) is 5.02 Å². The normalized spacial score (nSPS) is 12.3. The molecule has 4 aromatic carbocycles. The molecule has 4 aromatic rings. The lowest BCUT2D eigenvalue weighted by Crippen LogP contribution is -2.14. The summed E-state index contributed by atoms with van der Waals surface area (Å²) in [6.07, 6.45) is 0. The van der Waals surface area contributed by atoms with Crippen LogP contribution in [0, 0.1) is 0 Å². The molecule has 1 aliphatic heterocycles. The number of hydrogen-bond acceptors (Lipinski definition) is 4. The van der Waals surface area contributed by atoms with E-state index in [0.717, 1.165) is 33.9 Å². The van der Waals surface area contributed by atoms with Crippen molar-refractivity contribution in [2.45, 2.75) is 19.7 Å². The topological polar surface area (TPSA) is 39.7 Å². The zero-order chi connectivity index (χ0) is 21.0. The van der Waals surface area contributed by atoms with Gasteiger partial charge in [0.2, 0.25) is 6.79 Å². The molecule has 0 radical (unpaired) electrons. The summed E-state index contributed by atoms with van der Waals surface area (Å²) in [5.41, 5.74) is 3.33. The standard InChI is InChI=1S/C26H22ClNO3/c27-21-6-3-4-19(12-21)16-29-24-11-9-20-5-1-2-7-22(20)23(24)15-28-14-18-8-10-25-26(13-18)31-17-30-25/h1-13,28H,14-17H2. The Morgan fingerprint density at radius 1 is 0.806 bits per heavy atom. The van der Waals surface area contributed by atoms with Crippen molar-refractivity contribution in [2.75, 3.05) is 6.79 Å². The number of nitrogens with one attached hydrogen (secondary N) is 1. The third-order valence-corrected chi connectivity index (χ3v) is 5.58. The Bertz CT molecular complexity index is 1220. The van der Waals surface area contributed by atoms with Gasteiger partial charge in [0.1, 0.15) is 12.4 Å². The molecule has 31 heavy (non-hydrogen) atoms. The molecule has 0 aromatic heterocycles. The lowest BCUT2D eigenvalue weighted by molar-refractivity contribution is 0.174. The van der Waals surface area contributed by atoms with E-state index in [-0.39, 0.29) is 6.79 Å². The highest BCUT2D eigenvalue weighted by atomic mass is 35.5. The third-order valence-electron chi connectivity index (χ3n) is 5.35. The maximum atomic E-state index is 6.21. The van der Waals surface area contributed by atoms with Crippen molar-refractivity contribution >= 4 is 22.4 Å². The van der Waals surface area contributed by atoms with Crippen molar-refractivity contribution in [3.05, 3.63) is 101 Å². The van der Waals surface area contributed by atoms with Crippen LogP contribution in [0.1, 0.15) is 16.7 Å².